The monoisotopic (exact) mass is 466 g/mol. The number of hydrogen-bond donors (Lipinski definition) is 2. The Morgan fingerprint density at radius 1 is 1.35 bits per heavy atom. The third-order valence-electron chi connectivity index (χ3n) is 5.41. The molecule has 0 unspecified atom stereocenters. The molecule has 0 aliphatic carbocycles. The Kier molecular flexibility index (Phi) is 8.12. The number of carboxylic acids is 1. The van der Waals surface area contributed by atoms with E-state index in [1.807, 2.05) is 0 Å². The molecule has 2 fully saturated rings. The number of carboxylic acid groups (broad SMARTS) is 1. The van der Waals surface area contributed by atoms with Crippen LogP contribution in [0.5, 0.6) is 0 Å². The Labute approximate surface area is 180 Å². The van der Waals surface area contributed by atoms with Gasteiger partial charge in [0.15, 0.2) is 0 Å². The van der Waals surface area contributed by atoms with Crippen molar-refractivity contribution in [2.45, 2.75) is 57.5 Å². The standard InChI is InChI=1S/C18H28N2O3S.C2HF3O2/c1-14-4-5-15(2)16(10-14)12-20-8-7-18(13-20)11-17(6-9-23-18)19-24(3,21)22;3-2(4,5)1(6)7/h4-5,10,17,19H,6-9,11-13H2,1-3H3;(H,6,7)/t17-,18+;/m0./s1. The number of nitrogens with zero attached hydrogens (tertiary/aromatic N) is 1. The summed E-state index contributed by atoms with van der Waals surface area (Å²) < 4.78 is 63.6. The number of carbonyl (C=O) groups is 1. The highest BCUT2D eigenvalue weighted by Gasteiger charge is 2.43. The smallest absolute Gasteiger partial charge is 0.475 e. The summed E-state index contributed by atoms with van der Waals surface area (Å²) in [4.78, 5) is 11.3. The third-order valence-corrected chi connectivity index (χ3v) is 6.17. The van der Waals surface area contributed by atoms with Gasteiger partial charge < -0.3 is 9.84 Å². The van der Waals surface area contributed by atoms with Crippen molar-refractivity contribution in [2.24, 2.45) is 0 Å². The molecule has 2 N–H and O–H groups in total. The summed E-state index contributed by atoms with van der Waals surface area (Å²) in [7, 11) is -3.16. The molecular weight excluding hydrogens is 437 g/mol. The molecule has 2 aliphatic heterocycles. The van der Waals surface area contributed by atoms with Gasteiger partial charge in [0.25, 0.3) is 0 Å². The molecule has 176 valence electrons. The molecule has 11 heteroatoms. The minimum atomic E-state index is -5.08. The van der Waals surface area contributed by atoms with E-state index in [0.717, 1.165) is 38.9 Å². The molecule has 0 amide bonds. The minimum Gasteiger partial charge on any atom is -0.475 e. The number of aryl methyl sites for hydroxylation is 2. The number of alkyl halides is 3. The second kappa shape index (κ2) is 9.85. The highest BCUT2D eigenvalue weighted by molar-refractivity contribution is 7.88. The summed E-state index contributed by atoms with van der Waals surface area (Å²) in [5, 5.41) is 7.12. The quantitative estimate of drug-likeness (QED) is 0.708. The zero-order valence-corrected chi connectivity index (χ0v) is 18.6. The maximum Gasteiger partial charge on any atom is 0.490 e. The second-order valence-electron chi connectivity index (χ2n) is 8.30. The fourth-order valence-corrected chi connectivity index (χ4v) is 4.80. The Morgan fingerprint density at radius 2 is 2.00 bits per heavy atom. The van der Waals surface area contributed by atoms with Gasteiger partial charge in [0.05, 0.1) is 11.9 Å². The van der Waals surface area contributed by atoms with Crippen LogP contribution in [0.3, 0.4) is 0 Å². The molecule has 7 nitrogen and oxygen atoms in total. The summed E-state index contributed by atoms with van der Waals surface area (Å²) in [6.45, 7) is 7.72. The third kappa shape index (κ3) is 8.06. The molecule has 31 heavy (non-hydrogen) atoms. The predicted molar refractivity (Wildman–Crippen MR) is 109 cm³/mol. The summed E-state index contributed by atoms with van der Waals surface area (Å²) in [5.74, 6) is -2.76. The van der Waals surface area contributed by atoms with Gasteiger partial charge in [-0.25, -0.2) is 17.9 Å². The van der Waals surface area contributed by atoms with E-state index in [4.69, 9.17) is 14.6 Å². The van der Waals surface area contributed by atoms with Crippen LogP contribution < -0.4 is 4.72 Å². The first-order valence-electron chi connectivity index (χ1n) is 9.89. The van der Waals surface area contributed by atoms with Gasteiger partial charge in [-0.1, -0.05) is 23.8 Å². The molecule has 0 radical (unpaired) electrons. The van der Waals surface area contributed by atoms with Gasteiger partial charge in [0.2, 0.25) is 10.0 Å². The number of hydrogen-bond acceptors (Lipinski definition) is 5. The largest absolute Gasteiger partial charge is 0.490 e. The molecule has 0 aromatic heterocycles. The van der Waals surface area contributed by atoms with E-state index in [0.29, 0.717) is 6.61 Å². The van der Waals surface area contributed by atoms with Crippen molar-refractivity contribution in [2.75, 3.05) is 26.0 Å². The number of likely N-dealkylation sites (tertiary alicyclic amines) is 1. The summed E-state index contributed by atoms with van der Waals surface area (Å²) in [6, 6.07) is 6.58. The zero-order chi connectivity index (χ0) is 23.4. The van der Waals surface area contributed by atoms with Crippen molar-refractivity contribution >= 4 is 16.0 Å². The van der Waals surface area contributed by atoms with E-state index in [9.17, 15) is 21.6 Å². The lowest BCUT2D eigenvalue weighted by Gasteiger charge is -2.38. The van der Waals surface area contributed by atoms with Gasteiger partial charge in [0.1, 0.15) is 0 Å². The number of nitrogens with one attached hydrogen (secondary N) is 1. The number of aliphatic carboxylic acids is 1. The first-order chi connectivity index (χ1) is 14.2. The van der Waals surface area contributed by atoms with Crippen LogP contribution in [-0.2, 0) is 26.1 Å². The average molecular weight is 467 g/mol. The number of ether oxygens (including phenoxy) is 1. The number of rotatable bonds is 4. The number of halogens is 3. The maximum absolute atomic E-state index is 11.5. The van der Waals surface area contributed by atoms with E-state index < -0.39 is 22.2 Å². The zero-order valence-electron chi connectivity index (χ0n) is 17.8. The highest BCUT2D eigenvalue weighted by Crippen LogP contribution is 2.35. The Balaban J connectivity index is 0.000000423. The number of benzene rings is 1. The SMILES string of the molecule is Cc1ccc(C)c(CN2CC[C@@]3(C[C@@H](NS(C)(=O)=O)CCO3)C2)c1.O=C(O)C(F)(F)F. The maximum atomic E-state index is 11.5. The van der Waals surface area contributed by atoms with Gasteiger partial charge in [-0.05, 0) is 44.2 Å². The van der Waals surface area contributed by atoms with Crippen molar-refractivity contribution < 1.29 is 36.2 Å². The van der Waals surface area contributed by atoms with E-state index >= 15 is 0 Å². The molecule has 1 aromatic carbocycles. The first kappa shape index (κ1) is 25.6. The van der Waals surface area contributed by atoms with Gasteiger partial charge in [-0.15, -0.1) is 0 Å². The van der Waals surface area contributed by atoms with Crippen molar-refractivity contribution in [3.63, 3.8) is 0 Å². The van der Waals surface area contributed by atoms with Crippen LogP contribution in [0.2, 0.25) is 0 Å². The lowest BCUT2D eigenvalue weighted by Crippen LogP contribution is -2.49. The molecule has 2 saturated heterocycles. The van der Waals surface area contributed by atoms with Crippen molar-refractivity contribution in [3.05, 3.63) is 34.9 Å². The van der Waals surface area contributed by atoms with Gasteiger partial charge in [-0.3, -0.25) is 4.90 Å². The second-order valence-corrected chi connectivity index (χ2v) is 10.1. The van der Waals surface area contributed by atoms with Crippen LogP contribution in [0, 0.1) is 13.8 Å². The van der Waals surface area contributed by atoms with E-state index in [-0.39, 0.29) is 11.6 Å². The van der Waals surface area contributed by atoms with Gasteiger partial charge in [-0.2, -0.15) is 13.2 Å². The van der Waals surface area contributed by atoms with E-state index in [1.54, 1.807) is 0 Å². The van der Waals surface area contributed by atoms with Crippen LogP contribution in [0.4, 0.5) is 13.2 Å². The van der Waals surface area contributed by atoms with Crippen molar-refractivity contribution in [3.8, 4) is 0 Å². The normalized spacial score (nSPS) is 24.6. The van der Waals surface area contributed by atoms with Crippen LogP contribution in [0.25, 0.3) is 0 Å². The molecule has 1 aromatic rings. The summed E-state index contributed by atoms with van der Waals surface area (Å²) in [6.07, 6.45) is -1.36. The lowest BCUT2D eigenvalue weighted by molar-refractivity contribution is -0.192. The van der Waals surface area contributed by atoms with E-state index in [2.05, 4.69) is 41.7 Å². The molecule has 2 heterocycles. The summed E-state index contributed by atoms with van der Waals surface area (Å²) >= 11 is 0. The topological polar surface area (TPSA) is 95.9 Å². The van der Waals surface area contributed by atoms with Crippen LogP contribution in [0.15, 0.2) is 18.2 Å². The molecular formula is C20H29F3N2O5S. The van der Waals surface area contributed by atoms with Gasteiger partial charge >= 0.3 is 12.1 Å². The van der Waals surface area contributed by atoms with Crippen LogP contribution in [-0.4, -0.2) is 68.2 Å². The van der Waals surface area contributed by atoms with Crippen LogP contribution >= 0.6 is 0 Å². The molecule has 2 atom stereocenters. The average Bonchev–Trinajstić information content (AvgIpc) is 2.98. The molecule has 1 spiro atoms. The van der Waals surface area contributed by atoms with Crippen molar-refractivity contribution in [1.82, 2.24) is 9.62 Å². The fraction of sp³-hybridized carbons (Fsp3) is 0.650. The van der Waals surface area contributed by atoms with E-state index in [1.165, 1.54) is 22.9 Å². The lowest BCUT2D eigenvalue weighted by atomic mass is 9.90. The number of sulfonamides is 1. The Hall–Kier alpha value is -1.69. The van der Waals surface area contributed by atoms with Crippen molar-refractivity contribution in [1.29, 1.82) is 0 Å². The fourth-order valence-electron chi connectivity index (χ4n) is 3.99. The molecule has 3 rings (SSSR count). The van der Waals surface area contributed by atoms with Gasteiger partial charge in [0, 0.05) is 32.3 Å². The molecule has 0 bridgehead atoms. The predicted octanol–water partition coefficient (Wildman–Crippen LogP) is 2.61. The summed E-state index contributed by atoms with van der Waals surface area (Å²) in [5.41, 5.74) is 3.78. The van der Waals surface area contributed by atoms with Crippen LogP contribution in [0.1, 0.15) is 36.0 Å². The molecule has 0 saturated carbocycles. The Morgan fingerprint density at radius 3 is 2.58 bits per heavy atom. The first-order valence-corrected chi connectivity index (χ1v) is 11.8. The minimum absolute atomic E-state index is 0.00518. The highest BCUT2D eigenvalue weighted by atomic mass is 32.2. The molecule has 2 aliphatic rings. The Bertz CT molecular complexity index is 891.